The second kappa shape index (κ2) is 10.5. The number of anilines is 2. The number of methoxy groups -OCH3 is 2. The van der Waals surface area contributed by atoms with Crippen LogP contribution in [0, 0.1) is 0 Å². The van der Waals surface area contributed by atoms with E-state index < -0.39 is 0 Å². The third-order valence-corrected chi connectivity index (χ3v) is 5.62. The lowest BCUT2D eigenvalue weighted by atomic mass is 10.2. The molecule has 0 aliphatic rings. The summed E-state index contributed by atoms with van der Waals surface area (Å²) in [5.74, 6) is 0.984. The number of para-hydroxylation sites is 2. The summed E-state index contributed by atoms with van der Waals surface area (Å²) >= 11 is 1.46. The molecule has 2 amide bonds. The number of ether oxygens (including phenoxy) is 2. The van der Waals surface area contributed by atoms with Gasteiger partial charge in [0, 0.05) is 16.1 Å². The van der Waals surface area contributed by atoms with Crippen molar-refractivity contribution in [1.82, 2.24) is 0 Å². The number of amides is 2. The van der Waals surface area contributed by atoms with Crippen molar-refractivity contribution in [2.75, 3.05) is 24.9 Å². The fourth-order valence-corrected chi connectivity index (χ4v) is 3.67. The third kappa shape index (κ3) is 6.02. The Hall–Kier alpha value is -3.45. The number of thioether (sulfide) groups is 1. The van der Waals surface area contributed by atoms with Crippen LogP contribution < -0.4 is 20.1 Å². The smallest absolute Gasteiger partial charge is 0.255 e. The number of nitrogens with one attached hydrogen (secondary N) is 2. The molecule has 0 saturated heterocycles. The molecule has 0 radical (unpaired) electrons. The van der Waals surface area contributed by atoms with E-state index in [-0.39, 0.29) is 17.1 Å². The Morgan fingerprint density at radius 2 is 1.52 bits per heavy atom. The van der Waals surface area contributed by atoms with Gasteiger partial charge in [0.1, 0.15) is 11.5 Å². The van der Waals surface area contributed by atoms with Gasteiger partial charge in [0.05, 0.1) is 25.2 Å². The van der Waals surface area contributed by atoms with Gasteiger partial charge in [-0.25, -0.2) is 0 Å². The molecule has 3 rings (SSSR count). The number of hydrogen-bond acceptors (Lipinski definition) is 5. The van der Waals surface area contributed by atoms with Crippen molar-refractivity contribution in [3.8, 4) is 11.5 Å². The van der Waals surface area contributed by atoms with Crippen LogP contribution >= 0.6 is 11.8 Å². The maximum Gasteiger partial charge on any atom is 0.255 e. The average Bonchev–Trinajstić information content (AvgIpc) is 2.80. The average molecular weight is 437 g/mol. The van der Waals surface area contributed by atoms with Crippen LogP contribution in [0.5, 0.6) is 11.5 Å². The van der Waals surface area contributed by atoms with E-state index in [4.69, 9.17) is 9.47 Å². The van der Waals surface area contributed by atoms with Gasteiger partial charge in [0.25, 0.3) is 5.91 Å². The summed E-state index contributed by atoms with van der Waals surface area (Å²) in [7, 11) is 3.17. The zero-order chi connectivity index (χ0) is 22.2. The van der Waals surface area contributed by atoms with E-state index in [1.165, 1.54) is 11.8 Å². The van der Waals surface area contributed by atoms with E-state index in [0.717, 1.165) is 10.6 Å². The molecular formula is C24H24N2O4S. The largest absolute Gasteiger partial charge is 0.497 e. The summed E-state index contributed by atoms with van der Waals surface area (Å²) in [4.78, 5) is 26.0. The quantitative estimate of drug-likeness (QED) is 0.482. The Morgan fingerprint density at radius 1 is 0.839 bits per heavy atom. The number of carbonyl (C=O) groups is 2. The van der Waals surface area contributed by atoms with Gasteiger partial charge in [-0.15, -0.1) is 11.8 Å². The van der Waals surface area contributed by atoms with Crippen LogP contribution in [0.25, 0.3) is 0 Å². The highest BCUT2D eigenvalue weighted by Crippen LogP contribution is 2.27. The molecule has 0 fully saturated rings. The molecule has 3 aromatic rings. The van der Waals surface area contributed by atoms with Gasteiger partial charge in [-0.3, -0.25) is 9.59 Å². The van der Waals surface area contributed by atoms with Crippen LogP contribution in [0.1, 0.15) is 17.3 Å². The Bertz CT molecular complexity index is 1040. The van der Waals surface area contributed by atoms with Crippen LogP contribution in [-0.4, -0.2) is 31.3 Å². The predicted molar refractivity (Wildman–Crippen MR) is 124 cm³/mol. The minimum Gasteiger partial charge on any atom is -0.497 e. The molecule has 0 aliphatic heterocycles. The zero-order valence-corrected chi connectivity index (χ0v) is 18.4. The first-order chi connectivity index (χ1) is 15.0. The molecule has 0 bridgehead atoms. The maximum absolute atomic E-state index is 12.5. The topological polar surface area (TPSA) is 76.7 Å². The van der Waals surface area contributed by atoms with Crippen molar-refractivity contribution in [3.63, 3.8) is 0 Å². The van der Waals surface area contributed by atoms with Gasteiger partial charge in [-0.1, -0.05) is 12.1 Å². The fraction of sp³-hybridized carbons (Fsp3) is 0.167. The Kier molecular flexibility index (Phi) is 7.56. The molecule has 160 valence electrons. The van der Waals surface area contributed by atoms with E-state index in [0.29, 0.717) is 22.7 Å². The Morgan fingerprint density at radius 3 is 2.16 bits per heavy atom. The van der Waals surface area contributed by atoms with Crippen LogP contribution in [0.2, 0.25) is 0 Å². The Labute approximate surface area is 186 Å². The standard InChI is InChI=1S/C24H24N2O4S/c1-16(31-20-14-12-19(29-2)13-15-20)23(27)25-18-10-8-17(9-11-18)24(28)26-21-6-4-5-7-22(21)30-3/h4-16H,1-3H3,(H,25,27)(H,26,28). The lowest BCUT2D eigenvalue weighted by Crippen LogP contribution is -2.22. The molecule has 0 heterocycles. The van der Waals surface area contributed by atoms with Gasteiger partial charge < -0.3 is 20.1 Å². The second-order valence-electron chi connectivity index (χ2n) is 6.66. The zero-order valence-electron chi connectivity index (χ0n) is 17.5. The van der Waals surface area contributed by atoms with Gasteiger partial charge in [-0.2, -0.15) is 0 Å². The van der Waals surface area contributed by atoms with Crippen LogP contribution in [0.15, 0.2) is 77.7 Å². The van der Waals surface area contributed by atoms with E-state index in [1.54, 1.807) is 50.6 Å². The molecule has 0 aromatic heterocycles. The minimum absolute atomic E-state index is 0.118. The summed E-state index contributed by atoms with van der Waals surface area (Å²) in [6, 6.07) is 21.5. The maximum atomic E-state index is 12.5. The molecule has 1 unspecified atom stereocenters. The van der Waals surface area contributed by atoms with Crippen molar-refractivity contribution in [3.05, 3.63) is 78.4 Å². The van der Waals surface area contributed by atoms with E-state index in [2.05, 4.69) is 10.6 Å². The molecule has 6 nitrogen and oxygen atoms in total. The number of rotatable bonds is 8. The van der Waals surface area contributed by atoms with Crippen molar-refractivity contribution in [2.45, 2.75) is 17.1 Å². The summed E-state index contributed by atoms with van der Waals surface area (Å²) in [6.07, 6.45) is 0. The van der Waals surface area contributed by atoms with Crippen LogP contribution in [-0.2, 0) is 4.79 Å². The molecule has 7 heteroatoms. The first-order valence-corrected chi connectivity index (χ1v) is 10.5. The summed E-state index contributed by atoms with van der Waals surface area (Å²) < 4.78 is 10.4. The van der Waals surface area contributed by atoms with E-state index in [9.17, 15) is 9.59 Å². The third-order valence-electron chi connectivity index (χ3n) is 4.51. The van der Waals surface area contributed by atoms with Gasteiger partial charge in [0.2, 0.25) is 5.91 Å². The SMILES string of the molecule is COc1ccc(SC(C)C(=O)Nc2ccc(C(=O)Nc3ccccc3OC)cc2)cc1. The van der Waals surface area contributed by atoms with E-state index in [1.807, 2.05) is 43.3 Å². The van der Waals surface area contributed by atoms with Crippen molar-refractivity contribution < 1.29 is 19.1 Å². The van der Waals surface area contributed by atoms with Gasteiger partial charge in [-0.05, 0) is 67.6 Å². The van der Waals surface area contributed by atoms with Crippen LogP contribution in [0.3, 0.4) is 0 Å². The number of hydrogen-bond donors (Lipinski definition) is 2. The molecule has 0 aliphatic carbocycles. The highest BCUT2D eigenvalue weighted by molar-refractivity contribution is 8.00. The first kappa shape index (κ1) is 22.2. The van der Waals surface area contributed by atoms with Crippen molar-refractivity contribution in [2.24, 2.45) is 0 Å². The lowest BCUT2D eigenvalue weighted by Gasteiger charge is -2.13. The molecule has 0 spiro atoms. The molecule has 1 atom stereocenters. The summed E-state index contributed by atoms with van der Waals surface area (Å²) in [5.41, 5.74) is 1.70. The second-order valence-corrected chi connectivity index (χ2v) is 8.07. The molecular weight excluding hydrogens is 412 g/mol. The monoisotopic (exact) mass is 436 g/mol. The minimum atomic E-state index is -0.290. The van der Waals surface area contributed by atoms with E-state index >= 15 is 0 Å². The molecule has 2 N–H and O–H groups in total. The number of carbonyl (C=O) groups excluding carboxylic acids is 2. The number of benzene rings is 3. The summed E-state index contributed by atoms with van der Waals surface area (Å²) in [6.45, 7) is 1.85. The van der Waals surface area contributed by atoms with Crippen molar-refractivity contribution in [1.29, 1.82) is 0 Å². The summed E-state index contributed by atoms with van der Waals surface area (Å²) in [5, 5.41) is 5.42. The highest BCUT2D eigenvalue weighted by Gasteiger charge is 2.15. The molecule has 3 aromatic carbocycles. The highest BCUT2D eigenvalue weighted by atomic mass is 32.2. The van der Waals surface area contributed by atoms with Crippen LogP contribution in [0.4, 0.5) is 11.4 Å². The molecule has 0 saturated carbocycles. The van der Waals surface area contributed by atoms with Crippen molar-refractivity contribution >= 4 is 35.0 Å². The first-order valence-electron chi connectivity index (χ1n) is 9.66. The van der Waals surface area contributed by atoms with Gasteiger partial charge >= 0.3 is 0 Å². The van der Waals surface area contributed by atoms with Gasteiger partial charge in [0.15, 0.2) is 0 Å². The lowest BCUT2D eigenvalue weighted by molar-refractivity contribution is -0.115. The normalized spacial score (nSPS) is 11.3. The molecule has 31 heavy (non-hydrogen) atoms. The fourth-order valence-electron chi connectivity index (χ4n) is 2.80. The Balaban J connectivity index is 1.57. The predicted octanol–water partition coefficient (Wildman–Crippen LogP) is 5.08.